The molecule has 64 valence electrons. The van der Waals surface area contributed by atoms with Gasteiger partial charge in [-0.15, -0.1) is 0 Å². The number of ether oxygens (including phenoxy) is 1. The molecule has 0 aliphatic heterocycles. The average Bonchev–Trinajstić information content (AvgIpc) is 2.17. The van der Waals surface area contributed by atoms with Crippen molar-refractivity contribution in [2.24, 2.45) is 0 Å². The van der Waals surface area contributed by atoms with Gasteiger partial charge in [0, 0.05) is 6.07 Å². The van der Waals surface area contributed by atoms with Gasteiger partial charge in [0.05, 0.1) is 22.7 Å². The fourth-order valence-electron chi connectivity index (χ4n) is 0.895. The van der Waals surface area contributed by atoms with Gasteiger partial charge in [-0.2, -0.15) is 10.5 Å². The van der Waals surface area contributed by atoms with Crippen LogP contribution in [0, 0.1) is 22.7 Å². The summed E-state index contributed by atoms with van der Waals surface area (Å²) < 4.78 is 5.65. The molecule has 0 amide bonds. The van der Waals surface area contributed by atoms with Gasteiger partial charge in [0.15, 0.2) is 0 Å². The molecule has 0 heterocycles. The molecule has 0 unspecified atom stereocenters. The van der Waals surface area contributed by atoms with Crippen molar-refractivity contribution < 1.29 is 4.74 Å². The van der Waals surface area contributed by atoms with E-state index >= 15 is 0 Å². The number of nitriles is 2. The molecule has 0 bridgehead atoms. The fraction of sp³-hybridized carbons (Fsp3) is 0.111. The molecule has 0 fully saturated rings. The highest BCUT2D eigenvalue weighted by Crippen LogP contribution is 2.27. The average molecular weight is 237 g/mol. The van der Waals surface area contributed by atoms with Crippen LogP contribution in [0.5, 0.6) is 5.75 Å². The second kappa shape index (κ2) is 3.93. The summed E-state index contributed by atoms with van der Waals surface area (Å²) in [6.45, 7) is 0. The molecule has 0 radical (unpaired) electrons. The minimum Gasteiger partial charge on any atom is -0.496 e. The molecular weight excluding hydrogens is 232 g/mol. The Labute approximate surface area is 84.3 Å². The summed E-state index contributed by atoms with van der Waals surface area (Å²) in [5.41, 5.74) is 0.665. The van der Waals surface area contributed by atoms with Gasteiger partial charge in [-0.3, -0.25) is 0 Å². The maximum absolute atomic E-state index is 8.69. The summed E-state index contributed by atoms with van der Waals surface area (Å²) in [7, 11) is 1.51. The Morgan fingerprint density at radius 1 is 1.23 bits per heavy atom. The van der Waals surface area contributed by atoms with E-state index in [1.165, 1.54) is 13.2 Å². The lowest BCUT2D eigenvalue weighted by Crippen LogP contribution is -1.89. The molecule has 0 saturated carbocycles. The Morgan fingerprint density at radius 3 is 2.23 bits per heavy atom. The van der Waals surface area contributed by atoms with Crippen LogP contribution in [0.1, 0.15) is 11.1 Å². The first-order chi connectivity index (χ1) is 6.22. The molecule has 4 heteroatoms. The number of hydrogen-bond acceptors (Lipinski definition) is 3. The zero-order valence-corrected chi connectivity index (χ0v) is 8.42. The monoisotopic (exact) mass is 236 g/mol. The molecule has 0 aliphatic carbocycles. The molecule has 1 rings (SSSR count). The normalized spacial score (nSPS) is 8.62. The third kappa shape index (κ3) is 1.80. The molecule has 1 aromatic rings. The van der Waals surface area contributed by atoms with Crippen molar-refractivity contribution in [3.63, 3.8) is 0 Å². The van der Waals surface area contributed by atoms with E-state index in [-0.39, 0.29) is 0 Å². The van der Waals surface area contributed by atoms with Crippen LogP contribution < -0.4 is 4.74 Å². The molecule has 1 aromatic carbocycles. The van der Waals surface area contributed by atoms with Gasteiger partial charge in [-0.1, -0.05) is 0 Å². The third-order valence-corrected chi connectivity index (χ3v) is 2.15. The van der Waals surface area contributed by atoms with Crippen molar-refractivity contribution in [2.45, 2.75) is 0 Å². The van der Waals surface area contributed by atoms with Crippen molar-refractivity contribution >= 4 is 15.9 Å². The highest BCUT2D eigenvalue weighted by atomic mass is 79.9. The van der Waals surface area contributed by atoms with Crippen LogP contribution in [0.3, 0.4) is 0 Å². The lowest BCUT2D eigenvalue weighted by molar-refractivity contribution is 0.412. The zero-order valence-electron chi connectivity index (χ0n) is 6.84. The second-order valence-electron chi connectivity index (χ2n) is 2.26. The molecule has 3 nitrogen and oxygen atoms in total. The van der Waals surface area contributed by atoms with Crippen LogP contribution in [0.2, 0.25) is 0 Å². The maximum atomic E-state index is 8.69. The second-order valence-corrected chi connectivity index (χ2v) is 3.11. The summed E-state index contributed by atoms with van der Waals surface area (Å²) in [6, 6.07) is 6.95. The van der Waals surface area contributed by atoms with Crippen molar-refractivity contribution in [2.75, 3.05) is 7.11 Å². The van der Waals surface area contributed by atoms with E-state index < -0.39 is 0 Å². The number of hydrogen-bond donors (Lipinski definition) is 0. The van der Waals surface area contributed by atoms with Gasteiger partial charge < -0.3 is 4.74 Å². The van der Waals surface area contributed by atoms with Gasteiger partial charge in [0.2, 0.25) is 0 Å². The van der Waals surface area contributed by atoms with E-state index in [0.29, 0.717) is 21.3 Å². The molecular formula is C9H5BrN2O. The smallest absolute Gasteiger partial charge is 0.134 e. The van der Waals surface area contributed by atoms with Gasteiger partial charge in [0.25, 0.3) is 0 Å². The Kier molecular flexibility index (Phi) is 2.89. The molecule has 0 N–H and O–H groups in total. The summed E-state index contributed by atoms with van der Waals surface area (Å²) in [4.78, 5) is 0. The van der Waals surface area contributed by atoms with E-state index in [2.05, 4.69) is 15.9 Å². The summed E-state index contributed by atoms with van der Waals surface area (Å²) >= 11 is 3.23. The number of methoxy groups -OCH3 is 1. The SMILES string of the molecule is COc1cc(C#N)c(C#N)cc1Br. The minimum atomic E-state index is 0.322. The van der Waals surface area contributed by atoms with Crippen molar-refractivity contribution in [1.29, 1.82) is 10.5 Å². The Morgan fingerprint density at radius 2 is 1.77 bits per heavy atom. The highest BCUT2D eigenvalue weighted by molar-refractivity contribution is 9.10. The number of halogens is 1. The first-order valence-corrected chi connectivity index (χ1v) is 4.20. The van der Waals surface area contributed by atoms with E-state index in [1.807, 2.05) is 12.1 Å². The summed E-state index contributed by atoms with van der Waals surface area (Å²) in [5, 5.41) is 17.4. The van der Waals surface area contributed by atoms with Crippen LogP contribution >= 0.6 is 15.9 Å². The third-order valence-electron chi connectivity index (χ3n) is 1.53. The molecule has 13 heavy (non-hydrogen) atoms. The van der Waals surface area contributed by atoms with Gasteiger partial charge in [0.1, 0.15) is 17.9 Å². The van der Waals surface area contributed by atoms with Gasteiger partial charge in [-0.05, 0) is 22.0 Å². The number of rotatable bonds is 1. The Balaban J connectivity index is 3.39. The zero-order chi connectivity index (χ0) is 9.84. The lowest BCUT2D eigenvalue weighted by atomic mass is 10.1. The molecule has 0 atom stereocenters. The lowest BCUT2D eigenvalue weighted by Gasteiger charge is -2.03. The topological polar surface area (TPSA) is 56.8 Å². The fourth-order valence-corrected chi connectivity index (χ4v) is 1.40. The predicted molar refractivity (Wildman–Crippen MR) is 50.1 cm³/mol. The predicted octanol–water partition coefficient (Wildman–Crippen LogP) is 2.20. The van der Waals surface area contributed by atoms with Crippen molar-refractivity contribution in [3.05, 3.63) is 27.7 Å². The van der Waals surface area contributed by atoms with Gasteiger partial charge in [-0.25, -0.2) is 0 Å². The Bertz CT molecular complexity index is 415. The molecule has 0 saturated heterocycles. The van der Waals surface area contributed by atoms with E-state index in [1.54, 1.807) is 6.07 Å². The Hall–Kier alpha value is -1.52. The van der Waals surface area contributed by atoms with Crippen LogP contribution in [0.15, 0.2) is 16.6 Å². The van der Waals surface area contributed by atoms with Crippen LogP contribution in [-0.4, -0.2) is 7.11 Å². The van der Waals surface area contributed by atoms with Crippen LogP contribution in [-0.2, 0) is 0 Å². The van der Waals surface area contributed by atoms with Crippen molar-refractivity contribution in [1.82, 2.24) is 0 Å². The molecule has 0 aromatic heterocycles. The van der Waals surface area contributed by atoms with E-state index in [0.717, 1.165) is 0 Å². The molecule has 0 aliphatic rings. The maximum Gasteiger partial charge on any atom is 0.134 e. The van der Waals surface area contributed by atoms with Gasteiger partial charge >= 0.3 is 0 Å². The summed E-state index contributed by atoms with van der Waals surface area (Å²) in [6.07, 6.45) is 0. The number of nitrogens with zero attached hydrogens (tertiary/aromatic N) is 2. The van der Waals surface area contributed by atoms with Crippen molar-refractivity contribution in [3.8, 4) is 17.9 Å². The standard InChI is InChI=1S/C9H5BrN2O/c1-13-9-3-7(5-12)6(4-11)2-8(9)10/h2-3H,1H3. The largest absolute Gasteiger partial charge is 0.496 e. The van der Waals surface area contributed by atoms with E-state index in [9.17, 15) is 0 Å². The quantitative estimate of drug-likeness (QED) is 0.752. The van der Waals surface area contributed by atoms with Crippen LogP contribution in [0.25, 0.3) is 0 Å². The first-order valence-electron chi connectivity index (χ1n) is 3.40. The van der Waals surface area contributed by atoms with Crippen LogP contribution in [0.4, 0.5) is 0 Å². The highest BCUT2D eigenvalue weighted by Gasteiger charge is 2.07. The summed E-state index contributed by atoms with van der Waals surface area (Å²) in [5.74, 6) is 0.551. The molecule has 0 spiro atoms. The minimum absolute atomic E-state index is 0.322. The first kappa shape index (κ1) is 9.57. The number of benzene rings is 1. The van der Waals surface area contributed by atoms with E-state index in [4.69, 9.17) is 15.3 Å².